The Morgan fingerprint density at radius 1 is 1.09 bits per heavy atom. The van der Waals surface area contributed by atoms with Crippen molar-refractivity contribution in [2.75, 3.05) is 19.0 Å². The van der Waals surface area contributed by atoms with Gasteiger partial charge in [0.1, 0.15) is 24.0 Å². The zero-order valence-corrected chi connectivity index (χ0v) is 20.5. The predicted molar refractivity (Wildman–Crippen MR) is 136 cm³/mol. The van der Waals surface area contributed by atoms with Crippen LogP contribution in [0.1, 0.15) is 18.1 Å². The molecule has 0 heterocycles. The molecule has 3 aromatic rings. The number of anilines is 1. The van der Waals surface area contributed by atoms with Crippen molar-refractivity contribution >= 4 is 40.3 Å². The summed E-state index contributed by atoms with van der Waals surface area (Å²) in [7, 11) is 1.57. The predicted octanol–water partition coefficient (Wildman–Crippen LogP) is 5.82. The first-order valence-corrected chi connectivity index (χ1v) is 11.3. The highest BCUT2D eigenvalue weighted by atomic mass is 127. The Labute approximate surface area is 206 Å². The summed E-state index contributed by atoms with van der Waals surface area (Å²) in [5.74, 6) is 1.36. The minimum Gasteiger partial charge on any atom is -0.492 e. The lowest BCUT2D eigenvalue weighted by atomic mass is 10.1. The van der Waals surface area contributed by atoms with E-state index in [1.54, 1.807) is 37.4 Å². The summed E-state index contributed by atoms with van der Waals surface area (Å²) >= 11 is 2.13. The third kappa shape index (κ3) is 6.73. The number of carbonyl (C=O) groups excluding carboxylic acids is 1. The Kier molecular flexibility index (Phi) is 8.72. The first kappa shape index (κ1) is 24.1. The molecule has 0 atom stereocenters. The van der Waals surface area contributed by atoms with Crippen LogP contribution in [0.15, 0.2) is 72.3 Å². The zero-order valence-electron chi connectivity index (χ0n) is 18.3. The number of nitrogens with one attached hydrogen (secondary N) is 1. The average molecular weight is 554 g/mol. The molecule has 0 saturated carbocycles. The van der Waals surface area contributed by atoms with Crippen molar-refractivity contribution in [1.29, 1.82) is 5.26 Å². The number of hydrogen-bond donors (Lipinski definition) is 1. The van der Waals surface area contributed by atoms with Crippen molar-refractivity contribution < 1.29 is 19.0 Å². The van der Waals surface area contributed by atoms with Crippen molar-refractivity contribution in [1.82, 2.24) is 0 Å². The van der Waals surface area contributed by atoms with Crippen LogP contribution in [0.2, 0.25) is 0 Å². The van der Waals surface area contributed by atoms with Gasteiger partial charge in [-0.25, -0.2) is 0 Å². The molecule has 33 heavy (non-hydrogen) atoms. The molecule has 3 rings (SSSR count). The summed E-state index contributed by atoms with van der Waals surface area (Å²) < 4.78 is 17.6. The Balaban J connectivity index is 1.69. The standard InChI is InChI=1S/C26H23IN2O4/c1-3-32-24-15-19(14-23(27)25(24)31-2)13-20(16-28)26(30)29-21-9-11-22(12-10-21)33-17-18-7-5-4-6-8-18/h4-15H,3,17H2,1-2H3,(H,29,30)/b20-13+. The van der Waals surface area contributed by atoms with Crippen LogP contribution in [0.25, 0.3) is 6.08 Å². The van der Waals surface area contributed by atoms with Gasteiger partial charge in [0.15, 0.2) is 11.5 Å². The summed E-state index contributed by atoms with van der Waals surface area (Å²) in [4.78, 5) is 12.7. The Morgan fingerprint density at radius 2 is 1.82 bits per heavy atom. The normalized spacial score (nSPS) is 10.8. The lowest BCUT2D eigenvalue weighted by Gasteiger charge is -2.12. The number of amides is 1. The second-order valence-corrected chi connectivity index (χ2v) is 8.05. The topological polar surface area (TPSA) is 80.6 Å². The number of halogens is 1. The van der Waals surface area contributed by atoms with Crippen LogP contribution in [0, 0.1) is 14.9 Å². The molecule has 0 aliphatic heterocycles. The van der Waals surface area contributed by atoms with E-state index < -0.39 is 5.91 Å². The minimum atomic E-state index is -0.501. The molecule has 0 spiro atoms. The first-order chi connectivity index (χ1) is 16.0. The van der Waals surface area contributed by atoms with Gasteiger partial charge in [0, 0.05) is 5.69 Å². The summed E-state index contributed by atoms with van der Waals surface area (Å²) in [5.41, 5.74) is 2.27. The van der Waals surface area contributed by atoms with Crippen molar-refractivity contribution in [2.24, 2.45) is 0 Å². The van der Waals surface area contributed by atoms with E-state index >= 15 is 0 Å². The first-order valence-electron chi connectivity index (χ1n) is 10.2. The highest BCUT2D eigenvalue weighted by Gasteiger charge is 2.14. The quantitative estimate of drug-likeness (QED) is 0.205. The monoisotopic (exact) mass is 554 g/mol. The van der Waals surface area contributed by atoms with Crippen LogP contribution in [0.3, 0.4) is 0 Å². The van der Waals surface area contributed by atoms with Gasteiger partial charge in [-0.3, -0.25) is 4.79 Å². The molecular weight excluding hydrogens is 531 g/mol. The fourth-order valence-electron chi connectivity index (χ4n) is 3.02. The van der Waals surface area contributed by atoms with E-state index in [1.807, 2.05) is 49.4 Å². The fraction of sp³-hybridized carbons (Fsp3) is 0.154. The largest absolute Gasteiger partial charge is 0.492 e. The van der Waals surface area contributed by atoms with Gasteiger partial charge < -0.3 is 19.5 Å². The molecule has 3 aromatic carbocycles. The Bertz CT molecular complexity index is 1170. The van der Waals surface area contributed by atoms with Gasteiger partial charge in [-0.1, -0.05) is 30.3 Å². The maximum Gasteiger partial charge on any atom is 0.266 e. The Morgan fingerprint density at radius 3 is 2.45 bits per heavy atom. The maximum absolute atomic E-state index is 12.7. The van der Waals surface area contributed by atoms with Gasteiger partial charge in [-0.05, 0) is 83.1 Å². The molecule has 0 saturated heterocycles. The van der Waals surface area contributed by atoms with Crippen molar-refractivity contribution in [3.05, 3.63) is 87.0 Å². The molecule has 6 nitrogen and oxygen atoms in total. The molecule has 0 unspecified atom stereocenters. The van der Waals surface area contributed by atoms with Gasteiger partial charge >= 0.3 is 0 Å². The van der Waals surface area contributed by atoms with Crippen molar-refractivity contribution in [3.8, 4) is 23.3 Å². The van der Waals surface area contributed by atoms with Crippen molar-refractivity contribution in [3.63, 3.8) is 0 Å². The molecule has 0 aliphatic rings. The minimum absolute atomic E-state index is 0.0252. The van der Waals surface area contributed by atoms with Crippen LogP contribution < -0.4 is 19.5 Å². The fourth-order valence-corrected chi connectivity index (χ4v) is 3.87. The lowest BCUT2D eigenvalue weighted by molar-refractivity contribution is -0.112. The van der Waals surface area contributed by atoms with Gasteiger partial charge in [-0.15, -0.1) is 0 Å². The molecule has 0 radical (unpaired) electrons. The Hall–Kier alpha value is -3.51. The van der Waals surface area contributed by atoms with Gasteiger partial charge in [0.2, 0.25) is 0 Å². The molecule has 7 heteroatoms. The third-order valence-corrected chi connectivity index (χ3v) is 5.37. The second kappa shape index (κ2) is 11.9. The lowest BCUT2D eigenvalue weighted by Crippen LogP contribution is -2.13. The second-order valence-electron chi connectivity index (χ2n) is 6.89. The van der Waals surface area contributed by atoms with E-state index in [4.69, 9.17) is 14.2 Å². The van der Waals surface area contributed by atoms with Crippen LogP contribution >= 0.6 is 22.6 Å². The number of rotatable bonds is 9. The summed E-state index contributed by atoms with van der Waals surface area (Å²) in [5, 5.41) is 12.3. The number of carbonyl (C=O) groups is 1. The zero-order chi connectivity index (χ0) is 23.6. The SMILES string of the molecule is CCOc1cc(/C=C(\C#N)C(=O)Nc2ccc(OCc3ccccc3)cc2)cc(I)c1OC. The number of nitrogens with zero attached hydrogens (tertiary/aromatic N) is 1. The molecule has 168 valence electrons. The molecule has 0 aliphatic carbocycles. The van der Waals surface area contributed by atoms with E-state index in [9.17, 15) is 10.1 Å². The van der Waals surface area contributed by atoms with Gasteiger partial charge in [-0.2, -0.15) is 5.26 Å². The molecule has 0 bridgehead atoms. The van der Waals surface area contributed by atoms with E-state index in [1.165, 1.54) is 6.08 Å². The number of benzene rings is 3. The third-order valence-electron chi connectivity index (χ3n) is 4.57. The van der Waals surface area contributed by atoms with E-state index in [-0.39, 0.29) is 5.57 Å². The van der Waals surface area contributed by atoms with E-state index in [0.717, 1.165) is 9.13 Å². The highest BCUT2D eigenvalue weighted by molar-refractivity contribution is 14.1. The van der Waals surface area contributed by atoms with Crippen LogP contribution in [-0.4, -0.2) is 19.6 Å². The number of methoxy groups -OCH3 is 1. The average Bonchev–Trinajstić information content (AvgIpc) is 2.83. The summed E-state index contributed by atoms with van der Waals surface area (Å²) in [6.07, 6.45) is 1.52. The summed E-state index contributed by atoms with van der Waals surface area (Å²) in [6, 6.07) is 22.4. The van der Waals surface area contributed by atoms with Crippen molar-refractivity contribution in [2.45, 2.75) is 13.5 Å². The number of hydrogen-bond acceptors (Lipinski definition) is 5. The van der Waals surface area contributed by atoms with Crippen LogP contribution in [0.5, 0.6) is 17.2 Å². The summed E-state index contributed by atoms with van der Waals surface area (Å²) in [6.45, 7) is 2.80. The van der Waals surface area contributed by atoms with Gasteiger partial charge in [0.05, 0.1) is 17.3 Å². The smallest absolute Gasteiger partial charge is 0.266 e. The van der Waals surface area contributed by atoms with E-state index in [2.05, 4.69) is 27.9 Å². The molecule has 1 amide bonds. The van der Waals surface area contributed by atoms with Crippen LogP contribution in [0.4, 0.5) is 5.69 Å². The molecule has 1 N–H and O–H groups in total. The van der Waals surface area contributed by atoms with Gasteiger partial charge in [0.25, 0.3) is 5.91 Å². The molecule has 0 fully saturated rings. The molecular formula is C26H23IN2O4. The van der Waals surface area contributed by atoms with Crippen LogP contribution in [-0.2, 0) is 11.4 Å². The van der Waals surface area contributed by atoms with E-state index in [0.29, 0.717) is 41.7 Å². The number of nitriles is 1. The molecule has 0 aromatic heterocycles. The maximum atomic E-state index is 12.7. The highest BCUT2D eigenvalue weighted by Crippen LogP contribution is 2.34. The number of ether oxygens (including phenoxy) is 3.